The van der Waals surface area contributed by atoms with Crippen LogP contribution in [0.5, 0.6) is 0 Å². The summed E-state index contributed by atoms with van der Waals surface area (Å²) in [6.45, 7) is 1.33. The van der Waals surface area contributed by atoms with E-state index in [1.807, 2.05) is 0 Å². The van der Waals surface area contributed by atoms with Gasteiger partial charge in [0.2, 0.25) is 0 Å². The molecule has 0 aromatic carbocycles. The number of carboxylic acid groups (broad SMARTS) is 2. The first-order chi connectivity index (χ1) is 7.58. The van der Waals surface area contributed by atoms with Gasteiger partial charge in [-0.15, -0.1) is 0 Å². The SMILES string of the molecule is O=C(O)CCN(CC(=O)O)CC1CCCO1. The summed E-state index contributed by atoms with van der Waals surface area (Å²) >= 11 is 0. The normalized spacial score (nSPS) is 20.2. The van der Waals surface area contributed by atoms with Crippen LogP contribution in [0.15, 0.2) is 0 Å². The maximum atomic E-state index is 10.6. The van der Waals surface area contributed by atoms with Crippen LogP contribution in [0, 0.1) is 0 Å². The van der Waals surface area contributed by atoms with Gasteiger partial charge in [0.25, 0.3) is 0 Å². The molecule has 0 aromatic rings. The second-order valence-corrected chi connectivity index (χ2v) is 3.91. The summed E-state index contributed by atoms with van der Waals surface area (Å²) < 4.78 is 5.39. The maximum absolute atomic E-state index is 10.6. The van der Waals surface area contributed by atoms with Gasteiger partial charge in [0.15, 0.2) is 0 Å². The lowest BCUT2D eigenvalue weighted by molar-refractivity contribution is -0.141. The van der Waals surface area contributed by atoms with E-state index < -0.39 is 11.9 Å². The molecule has 0 bridgehead atoms. The van der Waals surface area contributed by atoms with E-state index in [4.69, 9.17) is 14.9 Å². The first-order valence-electron chi connectivity index (χ1n) is 5.35. The number of hydrogen-bond donors (Lipinski definition) is 2. The molecule has 0 amide bonds. The number of aliphatic carboxylic acids is 2. The molecule has 0 saturated carbocycles. The van der Waals surface area contributed by atoms with Gasteiger partial charge in [0.1, 0.15) is 0 Å². The van der Waals surface area contributed by atoms with Crippen LogP contribution in [0.2, 0.25) is 0 Å². The van der Waals surface area contributed by atoms with Gasteiger partial charge in [0.05, 0.1) is 19.1 Å². The maximum Gasteiger partial charge on any atom is 0.317 e. The number of hydrogen-bond acceptors (Lipinski definition) is 4. The molecule has 1 aliphatic rings. The minimum Gasteiger partial charge on any atom is -0.481 e. The molecular weight excluding hydrogens is 214 g/mol. The molecule has 1 aliphatic heterocycles. The molecule has 16 heavy (non-hydrogen) atoms. The Hall–Kier alpha value is -1.14. The van der Waals surface area contributed by atoms with Crippen molar-refractivity contribution >= 4 is 11.9 Å². The van der Waals surface area contributed by atoms with Gasteiger partial charge in [-0.3, -0.25) is 14.5 Å². The van der Waals surface area contributed by atoms with Crippen LogP contribution in [0.3, 0.4) is 0 Å². The van der Waals surface area contributed by atoms with Crippen molar-refractivity contribution in [2.45, 2.75) is 25.4 Å². The third-order valence-electron chi connectivity index (χ3n) is 2.49. The molecule has 1 unspecified atom stereocenters. The summed E-state index contributed by atoms with van der Waals surface area (Å²) in [5.74, 6) is -1.86. The first kappa shape index (κ1) is 12.9. The Balaban J connectivity index is 2.35. The fourth-order valence-electron chi connectivity index (χ4n) is 1.76. The van der Waals surface area contributed by atoms with Crippen molar-refractivity contribution in [2.24, 2.45) is 0 Å². The topological polar surface area (TPSA) is 87.1 Å². The Bertz CT molecular complexity index is 250. The Kier molecular flexibility index (Phi) is 5.21. The number of carbonyl (C=O) groups is 2. The second kappa shape index (κ2) is 6.44. The first-order valence-corrected chi connectivity index (χ1v) is 5.35. The third kappa shape index (κ3) is 5.09. The van der Waals surface area contributed by atoms with Crippen LogP contribution >= 0.6 is 0 Å². The van der Waals surface area contributed by atoms with E-state index in [-0.39, 0.29) is 25.6 Å². The molecule has 1 fully saturated rings. The van der Waals surface area contributed by atoms with Gasteiger partial charge >= 0.3 is 11.9 Å². The number of rotatable bonds is 7. The zero-order valence-electron chi connectivity index (χ0n) is 9.09. The highest BCUT2D eigenvalue weighted by Crippen LogP contribution is 2.13. The zero-order valence-corrected chi connectivity index (χ0v) is 9.09. The molecule has 1 saturated heterocycles. The zero-order chi connectivity index (χ0) is 12.0. The molecule has 0 spiro atoms. The van der Waals surface area contributed by atoms with E-state index in [1.54, 1.807) is 4.90 Å². The lowest BCUT2D eigenvalue weighted by Crippen LogP contribution is -2.37. The highest BCUT2D eigenvalue weighted by atomic mass is 16.5. The van der Waals surface area contributed by atoms with Crippen LogP contribution in [0.1, 0.15) is 19.3 Å². The van der Waals surface area contributed by atoms with Crippen LogP contribution in [0.25, 0.3) is 0 Å². The van der Waals surface area contributed by atoms with E-state index in [2.05, 4.69) is 0 Å². The number of carboxylic acids is 2. The molecule has 0 radical (unpaired) electrons. The number of nitrogens with zero attached hydrogens (tertiary/aromatic N) is 1. The minimum atomic E-state index is -0.941. The summed E-state index contributed by atoms with van der Waals surface area (Å²) in [4.78, 5) is 22.6. The standard InChI is InChI=1S/C10H17NO5/c12-9(13)3-4-11(7-10(14)15)6-8-2-1-5-16-8/h8H,1-7H2,(H,12,13)(H,14,15). The molecule has 2 N–H and O–H groups in total. The van der Waals surface area contributed by atoms with E-state index in [1.165, 1.54) is 0 Å². The molecular formula is C10H17NO5. The van der Waals surface area contributed by atoms with E-state index >= 15 is 0 Å². The Morgan fingerprint density at radius 1 is 1.31 bits per heavy atom. The van der Waals surface area contributed by atoms with E-state index in [0.29, 0.717) is 13.2 Å². The van der Waals surface area contributed by atoms with Gasteiger partial charge < -0.3 is 14.9 Å². The summed E-state index contributed by atoms with van der Waals surface area (Å²) in [7, 11) is 0. The van der Waals surface area contributed by atoms with Crippen LogP contribution in [-0.4, -0.2) is 59.4 Å². The highest BCUT2D eigenvalue weighted by Gasteiger charge is 2.20. The Morgan fingerprint density at radius 2 is 2.06 bits per heavy atom. The van der Waals surface area contributed by atoms with E-state index in [0.717, 1.165) is 12.8 Å². The fraction of sp³-hybridized carbons (Fsp3) is 0.800. The van der Waals surface area contributed by atoms with Gasteiger partial charge in [0, 0.05) is 19.7 Å². The molecule has 1 heterocycles. The predicted octanol–water partition coefficient (Wildman–Crippen LogP) is 0.0267. The number of ether oxygens (including phenoxy) is 1. The molecule has 6 nitrogen and oxygen atoms in total. The third-order valence-corrected chi connectivity index (χ3v) is 2.49. The lowest BCUT2D eigenvalue weighted by Gasteiger charge is -2.22. The van der Waals surface area contributed by atoms with Crippen molar-refractivity contribution in [3.63, 3.8) is 0 Å². The highest BCUT2D eigenvalue weighted by molar-refractivity contribution is 5.69. The average Bonchev–Trinajstić information content (AvgIpc) is 2.66. The van der Waals surface area contributed by atoms with Crippen molar-refractivity contribution in [2.75, 3.05) is 26.2 Å². The van der Waals surface area contributed by atoms with Gasteiger partial charge in [-0.2, -0.15) is 0 Å². The van der Waals surface area contributed by atoms with Crippen molar-refractivity contribution in [3.05, 3.63) is 0 Å². The molecule has 92 valence electrons. The average molecular weight is 231 g/mol. The van der Waals surface area contributed by atoms with Gasteiger partial charge in [-0.1, -0.05) is 0 Å². The minimum absolute atomic E-state index is 0.0417. The van der Waals surface area contributed by atoms with Crippen molar-refractivity contribution in [1.82, 2.24) is 4.90 Å². The Morgan fingerprint density at radius 3 is 2.56 bits per heavy atom. The lowest BCUT2D eigenvalue weighted by atomic mass is 10.2. The van der Waals surface area contributed by atoms with Crippen molar-refractivity contribution in [3.8, 4) is 0 Å². The van der Waals surface area contributed by atoms with Crippen molar-refractivity contribution < 1.29 is 24.5 Å². The van der Waals surface area contributed by atoms with Crippen LogP contribution in [0.4, 0.5) is 0 Å². The molecule has 1 rings (SSSR count). The largest absolute Gasteiger partial charge is 0.481 e. The molecule has 6 heteroatoms. The summed E-state index contributed by atoms with van der Waals surface area (Å²) in [5.41, 5.74) is 0. The molecule has 0 aliphatic carbocycles. The van der Waals surface area contributed by atoms with Crippen LogP contribution in [-0.2, 0) is 14.3 Å². The van der Waals surface area contributed by atoms with Crippen LogP contribution < -0.4 is 0 Å². The summed E-state index contributed by atoms with van der Waals surface area (Å²) in [5, 5.41) is 17.2. The molecule has 0 aromatic heterocycles. The second-order valence-electron chi connectivity index (χ2n) is 3.91. The monoisotopic (exact) mass is 231 g/mol. The summed E-state index contributed by atoms with van der Waals surface area (Å²) in [6, 6.07) is 0. The smallest absolute Gasteiger partial charge is 0.317 e. The van der Waals surface area contributed by atoms with Crippen molar-refractivity contribution in [1.29, 1.82) is 0 Å². The fourth-order valence-corrected chi connectivity index (χ4v) is 1.76. The van der Waals surface area contributed by atoms with Gasteiger partial charge in [-0.05, 0) is 12.8 Å². The Labute approximate surface area is 93.8 Å². The summed E-state index contributed by atoms with van der Waals surface area (Å²) in [6.07, 6.45) is 1.92. The predicted molar refractivity (Wildman–Crippen MR) is 55.3 cm³/mol. The van der Waals surface area contributed by atoms with E-state index in [9.17, 15) is 9.59 Å². The van der Waals surface area contributed by atoms with Gasteiger partial charge in [-0.25, -0.2) is 0 Å². The quantitative estimate of drug-likeness (QED) is 0.642. The molecule has 1 atom stereocenters.